The van der Waals surface area contributed by atoms with Gasteiger partial charge < -0.3 is 4.74 Å². The van der Waals surface area contributed by atoms with Crippen molar-refractivity contribution in [3.05, 3.63) is 34.9 Å². The third-order valence-corrected chi connectivity index (χ3v) is 2.51. The predicted octanol–water partition coefficient (Wildman–Crippen LogP) is 1.89. The third-order valence-electron chi connectivity index (χ3n) is 1.90. The fourth-order valence-corrected chi connectivity index (χ4v) is 1.78. The van der Waals surface area contributed by atoms with E-state index >= 15 is 0 Å². The fourth-order valence-electron chi connectivity index (χ4n) is 1.31. The summed E-state index contributed by atoms with van der Waals surface area (Å²) in [4.78, 5) is 22.3. The molecular weight excluding hydrogens is 236 g/mol. The van der Waals surface area contributed by atoms with Crippen LogP contribution in [-0.4, -0.2) is 11.9 Å². The lowest BCUT2D eigenvalue weighted by Gasteiger charge is -1.98. The Morgan fingerprint density at radius 2 is 2.00 bits per heavy atom. The number of alkyl halides is 1. The highest BCUT2D eigenvalue weighted by molar-refractivity contribution is 9.08. The highest BCUT2D eigenvalue weighted by Crippen LogP contribution is 2.24. The molecule has 0 N–H and O–H groups in total. The van der Waals surface area contributed by atoms with E-state index in [-0.39, 0.29) is 0 Å². The molecule has 0 fully saturated rings. The van der Waals surface area contributed by atoms with Gasteiger partial charge in [-0.15, -0.1) is 0 Å². The van der Waals surface area contributed by atoms with Crippen molar-refractivity contribution in [3.63, 3.8) is 0 Å². The minimum absolute atomic E-state index is 0.363. The molecule has 1 aromatic carbocycles. The summed E-state index contributed by atoms with van der Waals surface area (Å²) in [7, 11) is 0. The van der Waals surface area contributed by atoms with Crippen molar-refractivity contribution in [1.82, 2.24) is 0 Å². The number of carbonyl (C=O) groups is 2. The second kappa shape index (κ2) is 2.96. The molecule has 0 bridgehead atoms. The second-order valence-corrected chi connectivity index (χ2v) is 3.21. The Bertz CT molecular complexity index is 398. The molecule has 4 heteroatoms. The Hall–Kier alpha value is -1.16. The molecule has 0 radical (unpaired) electrons. The van der Waals surface area contributed by atoms with Gasteiger partial charge in [0.2, 0.25) is 0 Å². The highest BCUT2D eigenvalue weighted by Gasteiger charge is 2.31. The summed E-state index contributed by atoms with van der Waals surface area (Å²) in [6, 6.07) is 5.11. The Morgan fingerprint density at radius 3 is 2.69 bits per heavy atom. The van der Waals surface area contributed by atoms with E-state index in [1.165, 1.54) is 0 Å². The van der Waals surface area contributed by atoms with Gasteiger partial charge in [0.05, 0.1) is 11.1 Å². The summed E-state index contributed by atoms with van der Waals surface area (Å²) in [6.45, 7) is 0. The monoisotopic (exact) mass is 240 g/mol. The number of esters is 2. The van der Waals surface area contributed by atoms with Crippen molar-refractivity contribution in [3.8, 4) is 0 Å². The molecule has 3 nitrogen and oxygen atoms in total. The summed E-state index contributed by atoms with van der Waals surface area (Å²) in [5.41, 5.74) is 1.54. The van der Waals surface area contributed by atoms with Crippen LogP contribution in [0.3, 0.4) is 0 Å². The van der Waals surface area contributed by atoms with Crippen LogP contribution in [0, 0.1) is 0 Å². The number of hydrogen-bond donors (Lipinski definition) is 0. The van der Waals surface area contributed by atoms with Crippen LogP contribution in [0.2, 0.25) is 0 Å². The quantitative estimate of drug-likeness (QED) is 0.428. The maximum absolute atomic E-state index is 11.2. The molecule has 66 valence electrons. The van der Waals surface area contributed by atoms with E-state index in [1.54, 1.807) is 18.2 Å². The standard InChI is InChI=1S/C9H5BrO3/c10-4-5-2-1-3-6-7(5)9(12)13-8(6)11/h1-3H,4H2. The summed E-state index contributed by atoms with van der Waals surface area (Å²) >= 11 is 3.24. The van der Waals surface area contributed by atoms with Crippen LogP contribution in [0.1, 0.15) is 26.3 Å². The van der Waals surface area contributed by atoms with Gasteiger partial charge in [-0.3, -0.25) is 0 Å². The summed E-state index contributed by atoms with van der Waals surface area (Å²) in [6.07, 6.45) is 0. The van der Waals surface area contributed by atoms with E-state index in [1.807, 2.05) is 0 Å². The first kappa shape index (κ1) is 8.44. The minimum Gasteiger partial charge on any atom is -0.386 e. The summed E-state index contributed by atoms with van der Waals surface area (Å²) in [5, 5.41) is 0.540. The number of fused-ring (bicyclic) bond motifs is 1. The number of halogens is 1. The molecule has 0 spiro atoms. The third kappa shape index (κ3) is 1.18. The highest BCUT2D eigenvalue weighted by atomic mass is 79.9. The Balaban J connectivity index is 2.69. The van der Waals surface area contributed by atoms with Gasteiger partial charge in [-0.2, -0.15) is 0 Å². The number of carbonyl (C=O) groups excluding carboxylic acids is 2. The molecule has 1 aromatic rings. The lowest BCUT2D eigenvalue weighted by atomic mass is 10.0. The van der Waals surface area contributed by atoms with Gasteiger partial charge in [0, 0.05) is 5.33 Å². The zero-order valence-corrected chi connectivity index (χ0v) is 8.13. The molecule has 1 aliphatic rings. The van der Waals surface area contributed by atoms with Crippen LogP contribution in [0.5, 0.6) is 0 Å². The normalized spacial score (nSPS) is 14.2. The van der Waals surface area contributed by atoms with Gasteiger partial charge in [0.1, 0.15) is 0 Å². The van der Waals surface area contributed by atoms with E-state index in [0.29, 0.717) is 16.5 Å². The van der Waals surface area contributed by atoms with Gasteiger partial charge in [-0.25, -0.2) is 9.59 Å². The molecule has 0 aromatic heterocycles. The Kier molecular flexibility index (Phi) is 1.92. The molecule has 0 atom stereocenters. The van der Waals surface area contributed by atoms with Crippen molar-refractivity contribution >= 4 is 27.9 Å². The molecule has 1 heterocycles. The number of ether oxygens (including phenoxy) is 1. The molecule has 0 saturated heterocycles. The first-order valence-electron chi connectivity index (χ1n) is 3.68. The molecule has 0 saturated carbocycles. The molecular formula is C9H5BrO3. The van der Waals surface area contributed by atoms with E-state index in [4.69, 9.17) is 0 Å². The lowest BCUT2D eigenvalue weighted by molar-refractivity contribution is 0.0443. The van der Waals surface area contributed by atoms with Crippen LogP contribution in [-0.2, 0) is 10.1 Å². The van der Waals surface area contributed by atoms with Crippen LogP contribution in [0.4, 0.5) is 0 Å². The predicted molar refractivity (Wildman–Crippen MR) is 48.8 cm³/mol. The average molecular weight is 241 g/mol. The largest absolute Gasteiger partial charge is 0.386 e. The fraction of sp³-hybridized carbons (Fsp3) is 0.111. The topological polar surface area (TPSA) is 43.4 Å². The average Bonchev–Trinajstić information content (AvgIpc) is 2.43. The van der Waals surface area contributed by atoms with Crippen molar-refractivity contribution < 1.29 is 14.3 Å². The lowest BCUT2D eigenvalue weighted by Crippen LogP contribution is -1.98. The van der Waals surface area contributed by atoms with E-state index in [2.05, 4.69) is 20.7 Å². The van der Waals surface area contributed by atoms with Gasteiger partial charge in [-0.05, 0) is 11.6 Å². The first-order chi connectivity index (χ1) is 6.24. The number of benzene rings is 1. The second-order valence-electron chi connectivity index (χ2n) is 2.65. The van der Waals surface area contributed by atoms with Gasteiger partial charge in [0.25, 0.3) is 0 Å². The van der Waals surface area contributed by atoms with Crippen molar-refractivity contribution in [2.24, 2.45) is 0 Å². The molecule has 0 amide bonds. The van der Waals surface area contributed by atoms with Gasteiger partial charge in [0.15, 0.2) is 0 Å². The molecule has 0 unspecified atom stereocenters. The van der Waals surface area contributed by atoms with Crippen LogP contribution in [0.25, 0.3) is 0 Å². The van der Waals surface area contributed by atoms with E-state index in [9.17, 15) is 9.59 Å². The van der Waals surface area contributed by atoms with Crippen LogP contribution < -0.4 is 0 Å². The number of rotatable bonds is 1. The van der Waals surface area contributed by atoms with Crippen molar-refractivity contribution in [2.75, 3.05) is 0 Å². The molecule has 1 aliphatic heterocycles. The van der Waals surface area contributed by atoms with Crippen LogP contribution >= 0.6 is 15.9 Å². The zero-order valence-electron chi connectivity index (χ0n) is 6.54. The van der Waals surface area contributed by atoms with Gasteiger partial charge in [-0.1, -0.05) is 28.1 Å². The number of hydrogen-bond acceptors (Lipinski definition) is 3. The molecule has 2 rings (SSSR count). The maximum atomic E-state index is 11.2. The summed E-state index contributed by atoms with van der Waals surface area (Å²) < 4.78 is 4.48. The van der Waals surface area contributed by atoms with E-state index < -0.39 is 11.9 Å². The van der Waals surface area contributed by atoms with Gasteiger partial charge >= 0.3 is 11.9 Å². The van der Waals surface area contributed by atoms with Crippen molar-refractivity contribution in [2.45, 2.75) is 5.33 Å². The molecule has 13 heavy (non-hydrogen) atoms. The maximum Gasteiger partial charge on any atom is 0.347 e. The SMILES string of the molecule is O=C1OC(=O)c2c(CBr)cccc21. The summed E-state index contributed by atoms with van der Waals surface area (Å²) in [5.74, 6) is -1.10. The minimum atomic E-state index is -0.553. The van der Waals surface area contributed by atoms with Crippen molar-refractivity contribution in [1.29, 1.82) is 0 Å². The Labute approximate surface area is 82.8 Å². The first-order valence-corrected chi connectivity index (χ1v) is 4.80. The van der Waals surface area contributed by atoms with E-state index in [0.717, 1.165) is 5.56 Å². The smallest absolute Gasteiger partial charge is 0.347 e. The zero-order chi connectivity index (χ0) is 9.42. The van der Waals surface area contributed by atoms with Crippen LogP contribution in [0.15, 0.2) is 18.2 Å². The number of cyclic esters (lactones) is 2. The Morgan fingerprint density at radius 1 is 1.23 bits per heavy atom. The molecule has 0 aliphatic carbocycles.